The Morgan fingerprint density at radius 1 is 1.28 bits per heavy atom. The summed E-state index contributed by atoms with van der Waals surface area (Å²) in [6, 6.07) is 11.5. The van der Waals surface area contributed by atoms with Crippen LogP contribution in [0.2, 0.25) is 0 Å². The third-order valence-corrected chi connectivity index (χ3v) is 3.69. The lowest BCUT2D eigenvalue weighted by Crippen LogP contribution is -2.38. The van der Waals surface area contributed by atoms with Crippen molar-refractivity contribution in [2.45, 2.75) is 20.0 Å². The molecule has 0 aromatic heterocycles. The van der Waals surface area contributed by atoms with E-state index in [1.54, 1.807) is 31.4 Å². The van der Waals surface area contributed by atoms with Gasteiger partial charge in [0, 0.05) is 25.7 Å². The maximum absolute atomic E-state index is 13.3. The van der Waals surface area contributed by atoms with Crippen molar-refractivity contribution in [3.8, 4) is 11.5 Å². The minimum Gasteiger partial charge on any atom is -0.508 e. The topological polar surface area (TPSA) is 57.1 Å². The number of nitrogens with zero attached hydrogens (tertiary/aromatic N) is 2. The van der Waals surface area contributed by atoms with E-state index in [0.29, 0.717) is 36.9 Å². The number of nitrogens with one attached hydrogen (secondary N) is 1. The highest BCUT2D eigenvalue weighted by molar-refractivity contribution is 5.79. The average molecular weight is 345 g/mol. The smallest absolute Gasteiger partial charge is 0.194 e. The van der Waals surface area contributed by atoms with Gasteiger partial charge in [0.1, 0.15) is 17.3 Å². The molecule has 0 spiro atoms. The molecule has 0 aliphatic rings. The van der Waals surface area contributed by atoms with Crippen molar-refractivity contribution in [1.29, 1.82) is 0 Å². The molecule has 0 amide bonds. The summed E-state index contributed by atoms with van der Waals surface area (Å²) in [4.78, 5) is 6.47. The van der Waals surface area contributed by atoms with Crippen molar-refractivity contribution in [1.82, 2.24) is 10.2 Å². The highest BCUT2D eigenvalue weighted by Gasteiger charge is 2.09. The van der Waals surface area contributed by atoms with E-state index in [-0.39, 0.29) is 11.6 Å². The van der Waals surface area contributed by atoms with Crippen LogP contribution in [0.3, 0.4) is 0 Å². The van der Waals surface area contributed by atoms with Crippen LogP contribution < -0.4 is 10.1 Å². The first-order chi connectivity index (χ1) is 12.0. The fraction of sp³-hybridized carbons (Fsp3) is 0.316. The van der Waals surface area contributed by atoms with E-state index in [2.05, 4.69) is 10.3 Å². The minimum absolute atomic E-state index is 0.174. The summed E-state index contributed by atoms with van der Waals surface area (Å²) < 4.78 is 18.5. The number of aromatic hydroxyl groups is 1. The van der Waals surface area contributed by atoms with Gasteiger partial charge in [0.05, 0.1) is 13.7 Å². The van der Waals surface area contributed by atoms with Gasteiger partial charge >= 0.3 is 0 Å². The van der Waals surface area contributed by atoms with Crippen molar-refractivity contribution in [2.75, 3.05) is 20.7 Å². The van der Waals surface area contributed by atoms with Crippen LogP contribution in [0.4, 0.5) is 4.39 Å². The Morgan fingerprint density at radius 2 is 2.08 bits per heavy atom. The zero-order valence-electron chi connectivity index (χ0n) is 14.8. The molecule has 0 radical (unpaired) electrons. The van der Waals surface area contributed by atoms with E-state index in [1.165, 1.54) is 12.1 Å². The quantitative estimate of drug-likeness (QED) is 0.624. The van der Waals surface area contributed by atoms with Gasteiger partial charge in [0.15, 0.2) is 5.96 Å². The highest BCUT2D eigenvalue weighted by Crippen LogP contribution is 2.23. The SMILES string of the molecule is CCNC(=NCc1cc(OC)ccc1O)N(C)Cc1cccc(F)c1. The van der Waals surface area contributed by atoms with Crippen LogP contribution in [0.15, 0.2) is 47.5 Å². The number of halogens is 1. The molecular weight excluding hydrogens is 321 g/mol. The molecule has 0 unspecified atom stereocenters. The molecule has 2 rings (SSSR count). The van der Waals surface area contributed by atoms with Crippen molar-refractivity contribution in [3.05, 3.63) is 59.4 Å². The van der Waals surface area contributed by atoms with Crippen LogP contribution in [-0.2, 0) is 13.1 Å². The summed E-state index contributed by atoms with van der Waals surface area (Å²) in [5.41, 5.74) is 1.53. The molecule has 0 saturated heterocycles. The predicted molar refractivity (Wildman–Crippen MR) is 97.3 cm³/mol. The van der Waals surface area contributed by atoms with Crippen molar-refractivity contribution in [3.63, 3.8) is 0 Å². The first kappa shape index (κ1) is 18.6. The molecular formula is C19H24FN3O2. The molecule has 0 saturated carbocycles. The highest BCUT2D eigenvalue weighted by atomic mass is 19.1. The molecule has 25 heavy (non-hydrogen) atoms. The normalized spacial score (nSPS) is 11.3. The number of rotatable bonds is 6. The summed E-state index contributed by atoms with van der Waals surface area (Å²) in [5.74, 6) is 1.26. The third-order valence-electron chi connectivity index (χ3n) is 3.69. The van der Waals surface area contributed by atoms with Gasteiger partial charge < -0.3 is 20.1 Å². The minimum atomic E-state index is -0.255. The standard InChI is InChI=1S/C19H24FN3O2/c1-4-21-19(23(2)13-14-6-5-7-16(20)10-14)22-12-15-11-17(25-3)8-9-18(15)24/h5-11,24H,4,12-13H2,1-3H3,(H,21,22). The van der Waals surface area contributed by atoms with Gasteiger partial charge in [0.25, 0.3) is 0 Å². The number of aliphatic imine (C=N–C) groups is 1. The molecule has 0 atom stereocenters. The number of hydrogen-bond acceptors (Lipinski definition) is 3. The van der Waals surface area contributed by atoms with E-state index < -0.39 is 0 Å². The Bertz CT molecular complexity index is 734. The van der Waals surface area contributed by atoms with Gasteiger partial charge in [0.2, 0.25) is 0 Å². The molecule has 0 fully saturated rings. The Labute approximate surface area is 147 Å². The van der Waals surface area contributed by atoms with Crippen molar-refractivity contribution >= 4 is 5.96 Å². The molecule has 2 aromatic carbocycles. The molecule has 0 aliphatic heterocycles. The lowest BCUT2D eigenvalue weighted by atomic mass is 10.2. The molecule has 2 N–H and O–H groups in total. The maximum atomic E-state index is 13.3. The molecule has 5 nitrogen and oxygen atoms in total. The van der Waals surface area contributed by atoms with Crippen LogP contribution in [0.1, 0.15) is 18.1 Å². The Kier molecular flexibility index (Phi) is 6.62. The number of hydrogen-bond donors (Lipinski definition) is 2. The zero-order chi connectivity index (χ0) is 18.2. The summed E-state index contributed by atoms with van der Waals surface area (Å²) in [5, 5.41) is 13.2. The number of guanidine groups is 1. The van der Waals surface area contributed by atoms with Gasteiger partial charge in [-0.2, -0.15) is 0 Å². The summed E-state index contributed by atoms with van der Waals surface area (Å²) in [6.07, 6.45) is 0. The maximum Gasteiger partial charge on any atom is 0.194 e. The molecule has 2 aromatic rings. The monoisotopic (exact) mass is 345 g/mol. The lowest BCUT2D eigenvalue weighted by Gasteiger charge is -2.22. The second kappa shape index (κ2) is 8.92. The van der Waals surface area contributed by atoms with E-state index in [1.807, 2.05) is 24.9 Å². The number of ether oxygens (including phenoxy) is 1. The molecule has 134 valence electrons. The van der Waals surface area contributed by atoms with E-state index >= 15 is 0 Å². The average Bonchev–Trinajstić information content (AvgIpc) is 2.59. The molecule has 6 heteroatoms. The number of phenols is 1. The van der Waals surface area contributed by atoms with Crippen molar-refractivity contribution in [2.24, 2.45) is 4.99 Å². The first-order valence-electron chi connectivity index (χ1n) is 8.13. The Balaban J connectivity index is 2.14. The van der Waals surface area contributed by atoms with E-state index in [0.717, 1.165) is 5.56 Å². The zero-order valence-corrected chi connectivity index (χ0v) is 14.8. The van der Waals surface area contributed by atoms with E-state index in [9.17, 15) is 9.50 Å². The van der Waals surface area contributed by atoms with Gasteiger partial charge in [-0.15, -0.1) is 0 Å². The summed E-state index contributed by atoms with van der Waals surface area (Å²) in [7, 11) is 3.47. The third kappa shape index (κ3) is 5.38. The molecule has 0 bridgehead atoms. The van der Waals surface area contributed by atoms with Crippen LogP contribution >= 0.6 is 0 Å². The second-order valence-corrected chi connectivity index (χ2v) is 5.65. The number of benzene rings is 2. The summed E-state index contributed by atoms with van der Waals surface area (Å²) >= 11 is 0. The van der Waals surface area contributed by atoms with Crippen LogP contribution in [-0.4, -0.2) is 36.7 Å². The van der Waals surface area contributed by atoms with E-state index in [4.69, 9.17) is 4.74 Å². The second-order valence-electron chi connectivity index (χ2n) is 5.65. The fourth-order valence-electron chi connectivity index (χ4n) is 2.43. The van der Waals surface area contributed by atoms with Crippen LogP contribution in [0.5, 0.6) is 11.5 Å². The van der Waals surface area contributed by atoms with Crippen LogP contribution in [0.25, 0.3) is 0 Å². The number of methoxy groups -OCH3 is 1. The van der Waals surface area contributed by atoms with Gasteiger partial charge in [-0.3, -0.25) is 0 Å². The number of phenolic OH excluding ortho intramolecular Hbond substituents is 1. The van der Waals surface area contributed by atoms with Gasteiger partial charge in [-0.25, -0.2) is 9.38 Å². The van der Waals surface area contributed by atoms with Crippen LogP contribution in [0, 0.1) is 5.82 Å². The van der Waals surface area contributed by atoms with Gasteiger partial charge in [-0.1, -0.05) is 12.1 Å². The van der Waals surface area contributed by atoms with Gasteiger partial charge in [-0.05, 0) is 42.8 Å². The summed E-state index contributed by atoms with van der Waals surface area (Å²) in [6.45, 7) is 3.51. The largest absolute Gasteiger partial charge is 0.508 e. The predicted octanol–water partition coefficient (Wildman–Crippen LogP) is 3.14. The first-order valence-corrected chi connectivity index (χ1v) is 8.13. The fourth-order valence-corrected chi connectivity index (χ4v) is 2.43. The van der Waals surface area contributed by atoms with Crippen molar-refractivity contribution < 1.29 is 14.2 Å². The molecule has 0 heterocycles. The molecule has 0 aliphatic carbocycles. The Morgan fingerprint density at radius 3 is 2.76 bits per heavy atom. The Hall–Kier alpha value is -2.76. The lowest BCUT2D eigenvalue weighted by molar-refractivity contribution is 0.410.